The van der Waals surface area contributed by atoms with Crippen molar-refractivity contribution in [3.05, 3.63) is 28.2 Å². The van der Waals surface area contributed by atoms with Crippen molar-refractivity contribution in [3.63, 3.8) is 0 Å². The molecule has 0 aliphatic heterocycles. The molecule has 0 unspecified atom stereocenters. The highest BCUT2D eigenvalue weighted by molar-refractivity contribution is 9.10. The minimum absolute atomic E-state index is 0.0967. The second kappa shape index (κ2) is 4.22. The Hall–Kier alpha value is -1.04. The number of methoxy groups -OCH3 is 1. The summed E-state index contributed by atoms with van der Waals surface area (Å²) in [5, 5.41) is 0. The van der Waals surface area contributed by atoms with E-state index in [9.17, 15) is 18.0 Å². The number of ketones is 1. The SMILES string of the molecule is COc1ccc(Br)cc1C(=O)C(F)(F)F. The maximum Gasteiger partial charge on any atom is 0.455 e. The molecule has 6 heteroatoms. The van der Waals surface area contributed by atoms with Crippen LogP contribution in [0.5, 0.6) is 5.75 Å². The first-order chi connectivity index (χ1) is 6.86. The van der Waals surface area contributed by atoms with Gasteiger partial charge in [0, 0.05) is 4.47 Å². The van der Waals surface area contributed by atoms with E-state index in [4.69, 9.17) is 0 Å². The van der Waals surface area contributed by atoms with E-state index in [0.29, 0.717) is 4.47 Å². The Morgan fingerprint density at radius 1 is 1.40 bits per heavy atom. The number of hydrogen-bond acceptors (Lipinski definition) is 2. The van der Waals surface area contributed by atoms with Gasteiger partial charge < -0.3 is 4.74 Å². The number of benzene rings is 1. The molecule has 0 bridgehead atoms. The van der Waals surface area contributed by atoms with Crippen LogP contribution in [0.3, 0.4) is 0 Å². The monoisotopic (exact) mass is 282 g/mol. The summed E-state index contributed by atoms with van der Waals surface area (Å²) >= 11 is 2.99. The number of rotatable bonds is 2. The first-order valence-electron chi connectivity index (χ1n) is 3.81. The van der Waals surface area contributed by atoms with Gasteiger partial charge in [0.05, 0.1) is 12.7 Å². The predicted molar refractivity (Wildman–Crippen MR) is 51.1 cm³/mol. The van der Waals surface area contributed by atoms with Gasteiger partial charge in [-0.25, -0.2) is 0 Å². The number of hydrogen-bond donors (Lipinski definition) is 0. The highest BCUT2D eigenvalue weighted by Gasteiger charge is 2.40. The lowest BCUT2D eigenvalue weighted by molar-refractivity contribution is -0.0886. The number of carbonyl (C=O) groups is 1. The van der Waals surface area contributed by atoms with Crippen LogP contribution in [-0.2, 0) is 0 Å². The average Bonchev–Trinajstić information content (AvgIpc) is 2.15. The summed E-state index contributed by atoms with van der Waals surface area (Å²) in [6, 6.07) is 3.86. The fourth-order valence-electron chi connectivity index (χ4n) is 1.01. The third kappa shape index (κ3) is 2.71. The van der Waals surface area contributed by atoms with Gasteiger partial charge >= 0.3 is 6.18 Å². The normalized spacial score (nSPS) is 11.3. The lowest BCUT2D eigenvalue weighted by Gasteiger charge is -2.09. The molecule has 0 aliphatic carbocycles. The minimum atomic E-state index is -4.89. The molecule has 2 nitrogen and oxygen atoms in total. The van der Waals surface area contributed by atoms with Crippen molar-refractivity contribution >= 4 is 21.7 Å². The van der Waals surface area contributed by atoms with Crippen LogP contribution in [0, 0.1) is 0 Å². The van der Waals surface area contributed by atoms with Crippen molar-refractivity contribution in [1.29, 1.82) is 0 Å². The van der Waals surface area contributed by atoms with Crippen molar-refractivity contribution in [2.75, 3.05) is 7.11 Å². The Kier molecular flexibility index (Phi) is 3.38. The van der Waals surface area contributed by atoms with Crippen LogP contribution in [-0.4, -0.2) is 19.1 Å². The van der Waals surface area contributed by atoms with Gasteiger partial charge in [0.25, 0.3) is 5.78 Å². The van der Waals surface area contributed by atoms with Gasteiger partial charge in [-0.15, -0.1) is 0 Å². The van der Waals surface area contributed by atoms with Crippen LogP contribution >= 0.6 is 15.9 Å². The summed E-state index contributed by atoms with van der Waals surface area (Å²) in [5.41, 5.74) is -0.501. The van der Waals surface area contributed by atoms with Gasteiger partial charge in [0.15, 0.2) is 0 Å². The molecule has 1 rings (SSSR count). The first-order valence-corrected chi connectivity index (χ1v) is 4.60. The van der Waals surface area contributed by atoms with Gasteiger partial charge in [-0.05, 0) is 18.2 Å². The zero-order valence-electron chi connectivity index (χ0n) is 7.56. The summed E-state index contributed by atoms with van der Waals surface area (Å²) < 4.78 is 41.5. The number of Topliss-reactive ketones (excluding diaryl/α,β-unsaturated/α-hetero) is 1. The number of alkyl halides is 3. The molecule has 0 amide bonds. The van der Waals surface area contributed by atoms with Gasteiger partial charge in [-0.3, -0.25) is 4.79 Å². The Balaban J connectivity index is 3.23. The van der Waals surface area contributed by atoms with E-state index >= 15 is 0 Å². The first kappa shape index (κ1) is 12.0. The summed E-state index contributed by atoms with van der Waals surface area (Å²) in [5.74, 6) is -2.01. The van der Waals surface area contributed by atoms with E-state index in [2.05, 4.69) is 20.7 Å². The Bertz CT molecular complexity index is 387. The van der Waals surface area contributed by atoms with E-state index in [0.717, 1.165) is 6.07 Å². The third-order valence-corrected chi connectivity index (χ3v) is 2.16. The molecule has 0 saturated heterocycles. The Morgan fingerprint density at radius 3 is 2.47 bits per heavy atom. The summed E-state index contributed by atoms with van der Waals surface area (Å²) in [6.45, 7) is 0. The zero-order chi connectivity index (χ0) is 11.6. The maximum absolute atomic E-state index is 12.2. The number of halogens is 4. The molecule has 15 heavy (non-hydrogen) atoms. The van der Waals surface area contributed by atoms with E-state index in [1.165, 1.54) is 19.2 Å². The molecule has 0 saturated carbocycles. The zero-order valence-corrected chi connectivity index (χ0v) is 9.15. The topological polar surface area (TPSA) is 26.3 Å². The van der Waals surface area contributed by atoms with E-state index in [1.54, 1.807) is 0 Å². The molecule has 0 N–H and O–H groups in total. The van der Waals surface area contributed by atoms with Crippen molar-refractivity contribution in [3.8, 4) is 5.75 Å². The van der Waals surface area contributed by atoms with E-state index < -0.39 is 17.5 Å². The highest BCUT2D eigenvalue weighted by Crippen LogP contribution is 2.29. The molecule has 0 atom stereocenters. The van der Waals surface area contributed by atoms with Crippen LogP contribution in [0.4, 0.5) is 13.2 Å². The molecule has 0 heterocycles. The molecule has 1 aromatic carbocycles. The fraction of sp³-hybridized carbons (Fsp3) is 0.222. The van der Waals surface area contributed by atoms with Gasteiger partial charge in [-0.2, -0.15) is 13.2 Å². The van der Waals surface area contributed by atoms with Gasteiger partial charge in [0.2, 0.25) is 0 Å². The molecular weight excluding hydrogens is 277 g/mol. The van der Waals surface area contributed by atoms with Crippen LogP contribution in [0.2, 0.25) is 0 Å². The van der Waals surface area contributed by atoms with Gasteiger partial charge in [0.1, 0.15) is 5.75 Å². The molecular formula is C9H6BrF3O2. The highest BCUT2D eigenvalue weighted by atomic mass is 79.9. The van der Waals surface area contributed by atoms with E-state index in [1.807, 2.05) is 0 Å². The predicted octanol–water partition coefficient (Wildman–Crippen LogP) is 3.20. The lowest BCUT2D eigenvalue weighted by atomic mass is 10.1. The molecule has 0 aliphatic rings. The summed E-state index contributed by atoms with van der Waals surface area (Å²) in [4.78, 5) is 11.0. The second-order valence-corrected chi connectivity index (χ2v) is 3.59. The standard InChI is InChI=1S/C9H6BrF3O2/c1-15-7-3-2-5(10)4-6(7)8(14)9(11,12)13/h2-4H,1H3. The summed E-state index contributed by atoms with van der Waals surface area (Å²) in [6.07, 6.45) is -4.89. The number of ether oxygens (including phenoxy) is 1. The smallest absolute Gasteiger partial charge is 0.455 e. The van der Waals surface area contributed by atoms with Crippen molar-refractivity contribution in [2.45, 2.75) is 6.18 Å². The lowest BCUT2D eigenvalue weighted by Crippen LogP contribution is -2.23. The minimum Gasteiger partial charge on any atom is -0.496 e. The van der Waals surface area contributed by atoms with Crippen LogP contribution in [0.15, 0.2) is 22.7 Å². The average molecular weight is 283 g/mol. The maximum atomic E-state index is 12.2. The fourth-order valence-corrected chi connectivity index (χ4v) is 1.37. The van der Waals surface area contributed by atoms with Crippen LogP contribution in [0.1, 0.15) is 10.4 Å². The van der Waals surface area contributed by atoms with Crippen LogP contribution < -0.4 is 4.74 Å². The number of carbonyl (C=O) groups excluding carboxylic acids is 1. The second-order valence-electron chi connectivity index (χ2n) is 2.67. The molecule has 82 valence electrons. The molecule has 0 radical (unpaired) electrons. The Morgan fingerprint density at radius 2 is 2.00 bits per heavy atom. The molecule has 0 fully saturated rings. The molecule has 0 spiro atoms. The molecule has 0 aromatic heterocycles. The quantitative estimate of drug-likeness (QED) is 0.779. The van der Waals surface area contributed by atoms with Crippen molar-refractivity contribution < 1.29 is 22.7 Å². The van der Waals surface area contributed by atoms with Crippen molar-refractivity contribution in [2.24, 2.45) is 0 Å². The van der Waals surface area contributed by atoms with Gasteiger partial charge in [-0.1, -0.05) is 15.9 Å². The Labute approximate surface area is 92.2 Å². The summed E-state index contributed by atoms with van der Waals surface area (Å²) in [7, 11) is 1.20. The largest absolute Gasteiger partial charge is 0.496 e. The third-order valence-electron chi connectivity index (χ3n) is 1.66. The molecule has 1 aromatic rings. The van der Waals surface area contributed by atoms with Crippen LogP contribution in [0.25, 0.3) is 0 Å². The van der Waals surface area contributed by atoms with E-state index in [-0.39, 0.29) is 5.75 Å². The van der Waals surface area contributed by atoms with Crippen molar-refractivity contribution in [1.82, 2.24) is 0 Å².